The number of alkyl halides is 4. The summed E-state index contributed by atoms with van der Waals surface area (Å²) in [6, 6.07) is 18.6. The van der Waals surface area contributed by atoms with E-state index in [1.54, 1.807) is 6.33 Å². The number of halogens is 4. The zero-order valence-corrected chi connectivity index (χ0v) is 23.1. The predicted molar refractivity (Wildman–Crippen MR) is 160 cm³/mol. The molecule has 0 atom stereocenters. The maximum absolute atomic E-state index is 5.92. The summed E-state index contributed by atoms with van der Waals surface area (Å²) in [6.45, 7) is 3.08. The zero-order chi connectivity index (χ0) is 25.6. The molecule has 0 aliphatic heterocycles. The molecule has 0 saturated heterocycles. The molecule has 0 saturated carbocycles. The molecule has 2 aromatic carbocycles. The van der Waals surface area contributed by atoms with Crippen molar-refractivity contribution in [2.75, 3.05) is 59.5 Å². The van der Waals surface area contributed by atoms with Gasteiger partial charge in [0.15, 0.2) is 0 Å². The normalized spacial score (nSPS) is 11.4. The van der Waals surface area contributed by atoms with Crippen LogP contribution in [-0.4, -0.2) is 59.7 Å². The van der Waals surface area contributed by atoms with E-state index < -0.39 is 0 Å². The molecule has 0 aliphatic rings. The fourth-order valence-corrected chi connectivity index (χ4v) is 4.49. The third kappa shape index (κ3) is 9.01. The van der Waals surface area contributed by atoms with Crippen molar-refractivity contribution in [3.8, 4) is 0 Å². The molecule has 0 fully saturated rings. The molecule has 8 heteroatoms. The van der Waals surface area contributed by atoms with Gasteiger partial charge in [-0.15, -0.1) is 46.4 Å². The molecule has 36 heavy (non-hydrogen) atoms. The lowest BCUT2D eigenvalue weighted by molar-refractivity contribution is 0.874. The zero-order valence-electron chi connectivity index (χ0n) is 20.0. The van der Waals surface area contributed by atoms with Crippen LogP contribution >= 0.6 is 46.4 Å². The van der Waals surface area contributed by atoms with Gasteiger partial charge in [-0.2, -0.15) is 0 Å². The molecule has 3 rings (SSSR count). The fraction of sp³-hybridized carbons (Fsp3) is 0.286. The molecule has 0 unspecified atom stereocenters. The second-order valence-corrected chi connectivity index (χ2v) is 9.46. The van der Waals surface area contributed by atoms with E-state index in [1.807, 2.05) is 30.4 Å². The largest absolute Gasteiger partial charge is 0.369 e. The molecule has 190 valence electrons. The van der Waals surface area contributed by atoms with Crippen LogP contribution in [0.4, 0.5) is 11.4 Å². The molecule has 1 heterocycles. The number of hydrogen-bond donors (Lipinski definition) is 0. The summed E-state index contributed by atoms with van der Waals surface area (Å²) in [5.74, 6) is 2.26. The average Bonchev–Trinajstić information content (AvgIpc) is 2.91. The molecule has 3 aromatic rings. The Labute approximate surface area is 234 Å². The van der Waals surface area contributed by atoms with Gasteiger partial charge in [0.2, 0.25) is 0 Å². The maximum Gasteiger partial charge on any atom is 0.116 e. The molecular formula is C28H30Cl4N4. The predicted octanol–water partition coefficient (Wildman–Crippen LogP) is 7.39. The van der Waals surface area contributed by atoms with Gasteiger partial charge in [0, 0.05) is 61.1 Å². The Morgan fingerprint density at radius 1 is 0.528 bits per heavy atom. The van der Waals surface area contributed by atoms with Crippen molar-refractivity contribution in [2.45, 2.75) is 0 Å². The minimum atomic E-state index is 0.566. The van der Waals surface area contributed by atoms with Crippen LogP contribution < -0.4 is 9.80 Å². The first-order valence-electron chi connectivity index (χ1n) is 11.8. The van der Waals surface area contributed by atoms with Crippen LogP contribution in [0.5, 0.6) is 0 Å². The Hall–Kier alpha value is -2.24. The van der Waals surface area contributed by atoms with Gasteiger partial charge >= 0.3 is 0 Å². The van der Waals surface area contributed by atoms with E-state index in [2.05, 4.69) is 68.3 Å². The first-order chi connectivity index (χ1) is 17.7. The summed E-state index contributed by atoms with van der Waals surface area (Å²) < 4.78 is 0. The van der Waals surface area contributed by atoms with Crippen molar-refractivity contribution < 1.29 is 0 Å². The van der Waals surface area contributed by atoms with Gasteiger partial charge in [-0.1, -0.05) is 36.4 Å². The summed E-state index contributed by atoms with van der Waals surface area (Å²) in [5.41, 5.74) is 6.08. The minimum absolute atomic E-state index is 0.566. The summed E-state index contributed by atoms with van der Waals surface area (Å²) in [7, 11) is 0. The fourth-order valence-electron chi connectivity index (χ4n) is 3.67. The minimum Gasteiger partial charge on any atom is -0.369 e. The maximum atomic E-state index is 5.92. The second kappa shape index (κ2) is 15.8. The van der Waals surface area contributed by atoms with Crippen LogP contribution in [0, 0.1) is 0 Å². The Morgan fingerprint density at radius 3 is 1.22 bits per heavy atom. The molecule has 0 aliphatic carbocycles. The highest BCUT2D eigenvalue weighted by Gasteiger charge is 2.06. The van der Waals surface area contributed by atoms with Crippen LogP contribution in [0.15, 0.2) is 60.9 Å². The Bertz CT molecular complexity index is 1000. The van der Waals surface area contributed by atoms with Crippen LogP contribution in [0.1, 0.15) is 22.5 Å². The van der Waals surface area contributed by atoms with Gasteiger partial charge in [-0.25, -0.2) is 9.97 Å². The summed E-state index contributed by atoms with van der Waals surface area (Å²) in [6.07, 6.45) is 9.64. The van der Waals surface area contributed by atoms with E-state index >= 15 is 0 Å². The van der Waals surface area contributed by atoms with Crippen LogP contribution in [0.25, 0.3) is 24.3 Å². The topological polar surface area (TPSA) is 32.3 Å². The second-order valence-electron chi connectivity index (χ2n) is 7.95. The third-order valence-corrected chi connectivity index (χ3v) is 6.21. The molecule has 1 aromatic heterocycles. The quantitative estimate of drug-likeness (QED) is 0.191. The van der Waals surface area contributed by atoms with Crippen molar-refractivity contribution >= 4 is 82.1 Å². The van der Waals surface area contributed by atoms with Crippen LogP contribution in [0.3, 0.4) is 0 Å². The van der Waals surface area contributed by atoms with Crippen LogP contribution in [0.2, 0.25) is 0 Å². The molecule has 4 nitrogen and oxygen atoms in total. The molecular weight excluding hydrogens is 534 g/mol. The smallest absolute Gasteiger partial charge is 0.116 e. The van der Waals surface area contributed by atoms with Gasteiger partial charge in [0.1, 0.15) is 6.33 Å². The van der Waals surface area contributed by atoms with Crippen molar-refractivity contribution in [2.24, 2.45) is 0 Å². The lowest BCUT2D eigenvalue weighted by Gasteiger charge is -2.22. The van der Waals surface area contributed by atoms with E-state index in [4.69, 9.17) is 46.4 Å². The number of rotatable bonds is 14. The van der Waals surface area contributed by atoms with E-state index in [0.29, 0.717) is 23.5 Å². The van der Waals surface area contributed by atoms with Crippen molar-refractivity contribution in [3.05, 3.63) is 83.4 Å². The lowest BCUT2D eigenvalue weighted by atomic mass is 10.1. The van der Waals surface area contributed by atoms with E-state index in [0.717, 1.165) is 60.1 Å². The lowest BCUT2D eigenvalue weighted by Crippen LogP contribution is -2.27. The number of hydrogen-bond acceptors (Lipinski definition) is 4. The molecule has 0 spiro atoms. The van der Waals surface area contributed by atoms with Gasteiger partial charge in [-0.05, 0) is 53.6 Å². The molecule has 0 radical (unpaired) electrons. The Balaban J connectivity index is 1.64. The van der Waals surface area contributed by atoms with Gasteiger partial charge in [0.05, 0.1) is 11.4 Å². The van der Waals surface area contributed by atoms with Gasteiger partial charge < -0.3 is 9.80 Å². The molecule has 0 amide bonds. The average molecular weight is 564 g/mol. The molecule has 0 bridgehead atoms. The van der Waals surface area contributed by atoms with Crippen molar-refractivity contribution in [1.82, 2.24) is 9.97 Å². The highest BCUT2D eigenvalue weighted by molar-refractivity contribution is 6.19. The van der Waals surface area contributed by atoms with Crippen LogP contribution in [-0.2, 0) is 0 Å². The Kier molecular flexibility index (Phi) is 12.4. The first-order valence-corrected chi connectivity index (χ1v) is 13.9. The summed E-state index contributed by atoms with van der Waals surface area (Å²) >= 11 is 23.7. The van der Waals surface area contributed by atoms with Crippen molar-refractivity contribution in [3.63, 3.8) is 0 Å². The highest BCUT2D eigenvalue weighted by Crippen LogP contribution is 2.19. The number of aromatic nitrogens is 2. The third-order valence-electron chi connectivity index (χ3n) is 5.54. The van der Waals surface area contributed by atoms with E-state index in [-0.39, 0.29) is 0 Å². The number of anilines is 2. The van der Waals surface area contributed by atoms with Gasteiger partial charge in [0.25, 0.3) is 0 Å². The SMILES string of the molecule is ClCCN(CCCl)c1ccc(C=Cc2cc(C=Cc3ccc(N(CCCl)CCCl)cc3)ncn2)cc1. The highest BCUT2D eigenvalue weighted by atomic mass is 35.5. The number of benzene rings is 2. The first kappa shape index (κ1) is 28.3. The van der Waals surface area contributed by atoms with Crippen molar-refractivity contribution in [1.29, 1.82) is 0 Å². The molecule has 0 N–H and O–H groups in total. The Morgan fingerprint density at radius 2 is 0.889 bits per heavy atom. The monoisotopic (exact) mass is 562 g/mol. The number of nitrogens with zero attached hydrogens (tertiary/aromatic N) is 4. The van der Waals surface area contributed by atoms with E-state index in [1.165, 1.54) is 0 Å². The summed E-state index contributed by atoms with van der Waals surface area (Å²) in [4.78, 5) is 13.1. The standard InChI is InChI=1S/C28H30Cl4N4/c29-13-17-35(18-14-30)27-9-3-23(4-10-27)1-7-25-21-26(34-22-33-25)8-2-24-5-11-28(12-6-24)36(19-15-31)20-16-32/h1-12,21-22H,13-20H2. The summed E-state index contributed by atoms with van der Waals surface area (Å²) in [5, 5.41) is 0. The van der Waals surface area contributed by atoms with Gasteiger partial charge in [-0.3, -0.25) is 0 Å². The van der Waals surface area contributed by atoms with E-state index in [9.17, 15) is 0 Å².